The smallest absolute Gasteiger partial charge is 0.404 e. The minimum Gasteiger partial charge on any atom is -0.443 e. The highest BCUT2D eigenvalue weighted by Gasteiger charge is 2.24. The number of amides is 1. The number of hydrogen-bond acceptors (Lipinski definition) is 4. The number of fused-ring (bicyclic) bond motifs is 1. The van der Waals surface area contributed by atoms with E-state index < -0.39 is 18.3 Å². The molecule has 0 aliphatic heterocycles. The zero-order chi connectivity index (χ0) is 19.9. The molecule has 0 saturated heterocycles. The molecule has 5 nitrogen and oxygen atoms in total. The van der Waals surface area contributed by atoms with Gasteiger partial charge >= 0.3 is 6.09 Å². The van der Waals surface area contributed by atoms with Gasteiger partial charge in [-0.05, 0) is 28.8 Å². The van der Waals surface area contributed by atoms with Crippen LogP contribution in [-0.4, -0.2) is 30.0 Å². The van der Waals surface area contributed by atoms with Crippen LogP contribution in [0, 0.1) is 0 Å². The van der Waals surface area contributed by atoms with Crippen molar-refractivity contribution in [1.82, 2.24) is 5.32 Å². The normalized spacial score (nSPS) is 14.4. The summed E-state index contributed by atoms with van der Waals surface area (Å²) in [7, 11) is 0. The second-order valence-electron chi connectivity index (χ2n) is 6.93. The van der Waals surface area contributed by atoms with E-state index in [1.165, 1.54) is 10.8 Å². The fourth-order valence-corrected chi connectivity index (χ4v) is 3.42. The van der Waals surface area contributed by atoms with Crippen LogP contribution >= 0.6 is 0 Å². The van der Waals surface area contributed by atoms with E-state index in [0.717, 1.165) is 11.1 Å². The minimum absolute atomic E-state index is 0.0201. The Morgan fingerprint density at radius 3 is 2.46 bits per heavy atom. The minimum atomic E-state index is -0.887. The van der Waals surface area contributed by atoms with Crippen LogP contribution in [0.1, 0.15) is 24.1 Å². The summed E-state index contributed by atoms with van der Waals surface area (Å²) in [6.07, 6.45) is -2.09. The van der Waals surface area contributed by atoms with Crippen molar-refractivity contribution in [2.45, 2.75) is 31.6 Å². The van der Waals surface area contributed by atoms with Crippen LogP contribution in [-0.2, 0) is 11.2 Å². The average molecular weight is 378 g/mol. The number of nitrogens with two attached hydrogens (primary N) is 1. The van der Waals surface area contributed by atoms with Crippen LogP contribution in [0.5, 0.6) is 0 Å². The molecule has 3 aromatic carbocycles. The average Bonchev–Trinajstić information content (AvgIpc) is 2.71. The summed E-state index contributed by atoms with van der Waals surface area (Å²) in [5.41, 5.74) is 7.32. The molecule has 0 bridgehead atoms. The number of aliphatic hydroxyl groups excluding tert-OH is 1. The zero-order valence-corrected chi connectivity index (χ0v) is 15.9. The molecule has 0 aliphatic rings. The van der Waals surface area contributed by atoms with Gasteiger partial charge in [0.05, 0.1) is 0 Å². The van der Waals surface area contributed by atoms with Crippen LogP contribution in [0.15, 0.2) is 72.8 Å². The van der Waals surface area contributed by atoms with Gasteiger partial charge in [0.15, 0.2) is 0 Å². The monoisotopic (exact) mass is 378 g/mol. The van der Waals surface area contributed by atoms with Crippen LogP contribution in [0.4, 0.5) is 4.79 Å². The Balaban J connectivity index is 1.67. The van der Waals surface area contributed by atoms with Crippen LogP contribution in [0.3, 0.4) is 0 Å². The first kappa shape index (κ1) is 19.9. The maximum Gasteiger partial charge on any atom is 0.404 e. The molecule has 0 unspecified atom stereocenters. The number of benzene rings is 3. The summed E-state index contributed by atoms with van der Waals surface area (Å²) >= 11 is 0. The molecule has 3 aromatic rings. The van der Waals surface area contributed by atoms with Crippen LogP contribution in [0.2, 0.25) is 0 Å². The highest BCUT2D eigenvalue weighted by atomic mass is 16.6. The summed E-state index contributed by atoms with van der Waals surface area (Å²) in [4.78, 5) is 11.3. The van der Waals surface area contributed by atoms with Gasteiger partial charge in [-0.25, -0.2) is 4.79 Å². The lowest BCUT2D eigenvalue weighted by Crippen LogP contribution is -2.42. The van der Waals surface area contributed by atoms with Gasteiger partial charge in [-0.15, -0.1) is 0 Å². The summed E-state index contributed by atoms with van der Waals surface area (Å²) in [5.74, 6) is 0. The van der Waals surface area contributed by atoms with E-state index in [4.69, 9.17) is 10.5 Å². The molecular formula is C23H26N2O3. The van der Waals surface area contributed by atoms with Crippen LogP contribution in [0.25, 0.3) is 10.8 Å². The number of hydrogen-bond donors (Lipinski definition) is 3. The second kappa shape index (κ2) is 9.35. The molecule has 0 spiro atoms. The third-order valence-electron chi connectivity index (χ3n) is 4.90. The molecule has 4 N–H and O–H groups in total. The fraction of sp³-hybridized carbons (Fsp3) is 0.261. The number of rotatable bonds is 8. The Bertz CT molecular complexity index is 909. The SMILES string of the molecule is C[C@H](NC[C@H](O)[C@H](Cc1ccccc1)OC(N)=O)c1cccc2ccccc12. The number of ether oxygens (including phenoxy) is 1. The first-order chi connectivity index (χ1) is 13.5. The number of aliphatic hydroxyl groups is 1. The van der Waals surface area contributed by atoms with E-state index in [-0.39, 0.29) is 12.6 Å². The van der Waals surface area contributed by atoms with Gasteiger partial charge in [0, 0.05) is 19.0 Å². The second-order valence-corrected chi connectivity index (χ2v) is 6.93. The van der Waals surface area contributed by atoms with E-state index in [9.17, 15) is 9.90 Å². The van der Waals surface area contributed by atoms with Crippen molar-refractivity contribution in [3.63, 3.8) is 0 Å². The third-order valence-corrected chi connectivity index (χ3v) is 4.90. The fourth-order valence-electron chi connectivity index (χ4n) is 3.42. The first-order valence-corrected chi connectivity index (χ1v) is 9.43. The van der Waals surface area contributed by atoms with Crippen molar-refractivity contribution >= 4 is 16.9 Å². The molecular weight excluding hydrogens is 352 g/mol. The molecule has 3 rings (SSSR count). The number of carbonyl (C=O) groups is 1. The molecule has 0 aliphatic carbocycles. The van der Waals surface area contributed by atoms with Gasteiger partial charge in [-0.1, -0.05) is 72.8 Å². The molecule has 0 fully saturated rings. The van der Waals surface area contributed by atoms with Crippen molar-refractivity contribution in [2.75, 3.05) is 6.54 Å². The Kier molecular flexibility index (Phi) is 6.63. The molecule has 0 aromatic heterocycles. The van der Waals surface area contributed by atoms with Crippen molar-refractivity contribution < 1.29 is 14.6 Å². The van der Waals surface area contributed by atoms with E-state index in [0.29, 0.717) is 6.42 Å². The molecule has 0 heterocycles. The molecule has 0 saturated carbocycles. The number of carbonyl (C=O) groups excluding carboxylic acids is 1. The number of nitrogens with one attached hydrogen (secondary N) is 1. The van der Waals surface area contributed by atoms with E-state index in [2.05, 4.69) is 36.5 Å². The van der Waals surface area contributed by atoms with E-state index >= 15 is 0 Å². The maximum absolute atomic E-state index is 11.3. The first-order valence-electron chi connectivity index (χ1n) is 9.43. The maximum atomic E-state index is 11.3. The lowest BCUT2D eigenvalue weighted by molar-refractivity contribution is 0.00642. The summed E-state index contributed by atoms with van der Waals surface area (Å²) in [6.45, 7) is 2.32. The lowest BCUT2D eigenvalue weighted by Gasteiger charge is -2.25. The predicted molar refractivity (Wildman–Crippen MR) is 111 cm³/mol. The van der Waals surface area contributed by atoms with Gasteiger partial charge in [0.1, 0.15) is 12.2 Å². The van der Waals surface area contributed by atoms with Crippen molar-refractivity contribution in [2.24, 2.45) is 5.73 Å². The Labute approximate surface area is 165 Å². The molecule has 1 amide bonds. The predicted octanol–water partition coefficient (Wildman–Crippen LogP) is 3.56. The zero-order valence-electron chi connectivity index (χ0n) is 15.9. The summed E-state index contributed by atoms with van der Waals surface area (Å²) in [6, 6.07) is 24.0. The summed E-state index contributed by atoms with van der Waals surface area (Å²) in [5, 5.41) is 16.3. The largest absolute Gasteiger partial charge is 0.443 e. The molecule has 0 radical (unpaired) electrons. The van der Waals surface area contributed by atoms with Gasteiger partial charge in [-0.3, -0.25) is 0 Å². The Morgan fingerprint density at radius 2 is 1.71 bits per heavy atom. The van der Waals surface area contributed by atoms with Gasteiger partial charge < -0.3 is 20.9 Å². The highest BCUT2D eigenvalue weighted by molar-refractivity contribution is 5.86. The van der Waals surface area contributed by atoms with Gasteiger partial charge in [0.2, 0.25) is 0 Å². The molecule has 3 atom stereocenters. The van der Waals surface area contributed by atoms with E-state index in [1.807, 2.05) is 48.5 Å². The highest BCUT2D eigenvalue weighted by Crippen LogP contribution is 2.24. The Hall–Kier alpha value is -2.89. The third kappa shape index (κ3) is 5.09. The van der Waals surface area contributed by atoms with Crippen LogP contribution < -0.4 is 11.1 Å². The quantitative estimate of drug-likeness (QED) is 0.560. The summed E-state index contributed by atoms with van der Waals surface area (Å²) < 4.78 is 5.17. The lowest BCUT2D eigenvalue weighted by atomic mass is 9.99. The van der Waals surface area contributed by atoms with Gasteiger partial charge in [-0.2, -0.15) is 0 Å². The van der Waals surface area contributed by atoms with E-state index in [1.54, 1.807) is 0 Å². The number of primary amides is 1. The Morgan fingerprint density at radius 1 is 1.04 bits per heavy atom. The molecule has 5 heteroatoms. The van der Waals surface area contributed by atoms with Crippen molar-refractivity contribution in [1.29, 1.82) is 0 Å². The van der Waals surface area contributed by atoms with Gasteiger partial charge in [0.25, 0.3) is 0 Å². The molecule has 146 valence electrons. The molecule has 28 heavy (non-hydrogen) atoms. The van der Waals surface area contributed by atoms with Crippen molar-refractivity contribution in [3.05, 3.63) is 83.9 Å². The topological polar surface area (TPSA) is 84.6 Å². The van der Waals surface area contributed by atoms with Crippen molar-refractivity contribution in [3.8, 4) is 0 Å². The standard InChI is InChI=1S/C23H26N2O3/c1-16(19-13-7-11-18-10-5-6-12-20(18)19)25-15-21(26)22(28-23(24)27)14-17-8-3-2-4-9-17/h2-13,16,21-22,25-26H,14-15H2,1H3,(H2,24,27)/t16-,21-,22-/m0/s1.